The normalized spacial score (nSPS) is 15.5. The zero-order chi connectivity index (χ0) is 26.5. The van der Waals surface area contributed by atoms with Gasteiger partial charge in [0.2, 0.25) is 21.8 Å². The molecule has 7 nitrogen and oxygen atoms in total. The summed E-state index contributed by atoms with van der Waals surface area (Å²) in [5.74, 6) is -0.862. The van der Waals surface area contributed by atoms with Crippen molar-refractivity contribution in [3.8, 4) is 0 Å². The molecule has 0 aliphatic heterocycles. The molecule has 1 aliphatic carbocycles. The minimum atomic E-state index is -3.97. The van der Waals surface area contributed by atoms with Crippen LogP contribution >= 0.6 is 34.8 Å². The minimum Gasteiger partial charge on any atom is -0.352 e. The molecule has 0 bridgehead atoms. The number of carbonyl (C=O) groups is 2. The highest BCUT2D eigenvalue weighted by Crippen LogP contribution is 2.27. The summed E-state index contributed by atoms with van der Waals surface area (Å²) in [5.41, 5.74) is 0.481. The number of amides is 2. The second-order valence-electron chi connectivity index (χ2n) is 8.96. The lowest BCUT2D eigenvalue weighted by Gasteiger charge is -2.32. The number of halogens is 3. The van der Waals surface area contributed by atoms with E-state index in [1.165, 1.54) is 36.2 Å². The first-order valence-electron chi connectivity index (χ1n) is 11.8. The number of carbonyl (C=O) groups excluding carboxylic acids is 2. The summed E-state index contributed by atoms with van der Waals surface area (Å²) < 4.78 is 27.0. The molecule has 196 valence electrons. The maximum absolute atomic E-state index is 13.5. The van der Waals surface area contributed by atoms with Crippen LogP contribution in [0.5, 0.6) is 0 Å². The maximum atomic E-state index is 13.5. The fourth-order valence-electron chi connectivity index (χ4n) is 4.16. The Balaban J connectivity index is 1.83. The van der Waals surface area contributed by atoms with Gasteiger partial charge in [-0.25, -0.2) is 8.42 Å². The van der Waals surface area contributed by atoms with Crippen LogP contribution < -0.4 is 5.32 Å². The Labute approximate surface area is 227 Å². The number of benzene rings is 2. The van der Waals surface area contributed by atoms with E-state index in [-0.39, 0.29) is 23.4 Å². The standard InChI is InChI=1S/C25H30Cl3N3O4S/c1-17(25(33)29-19-7-4-3-5-8-19)31(15-21-22(27)9-6-10-23(21)28)24(32)16-30(2)36(34,35)20-13-11-18(26)12-14-20/h6,9-14,17,19H,3-5,7-8,15-16H2,1-2H3,(H,29,33)/t17-/m0/s1. The molecule has 1 aliphatic rings. The van der Waals surface area contributed by atoms with Gasteiger partial charge in [0, 0.05) is 40.3 Å². The average molecular weight is 575 g/mol. The van der Waals surface area contributed by atoms with E-state index in [4.69, 9.17) is 34.8 Å². The molecule has 1 atom stereocenters. The third kappa shape index (κ3) is 7.13. The van der Waals surface area contributed by atoms with Crippen LogP contribution in [-0.4, -0.2) is 55.1 Å². The molecule has 11 heteroatoms. The van der Waals surface area contributed by atoms with Crippen LogP contribution in [0.25, 0.3) is 0 Å². The van der Waals surface area contributed by atoms with Crippen LogP contribution in [0.4, 0.5) is 0 Å². The molecule has 1 fully saturated rings. The predicted octanol–water partition coefficient (Wildman–Crippen LogP) is 5.13. The molecule has 36 heavy (non-hydrogen) atoms. The Morgan fingerprint density at radius 2 is 1.58 bits per heavy atom. The van der Waals surface area contributed by atoms with Crippen molar-refractivity contribution in [2.45, 2.75) is 62.6 Å². The van der Waals surface area contributed by atoms with Crippen molar-refractivity contribution in [1.82, 2.24) is 14.5 Å². The first kappa shape index (κ1) is 28.7. The quantitative estimate of drug-likeness (QED) is 0.450. The van der Waals surface area contributed by atoms with Crippen LogP contribution in [-0.2, 0) is 26.2 Å². The third-order valence-electron chi connectivity index (χ3n) is 6.39. The van der Waals surface area contributed by atoms with Crippen molar-refractivity contribution in [3.05, 3.63) is 63.1 Å². The monoisotopic (exact) mass is 573 g/mol. The summed E-state index contributed by atoms with van der Waals surface area (Å²) in [4.78, 5) is 27.9. The highest BCUT2D eigenvalue weighted by atomic mass is 35.5. The zero-order valence-corrected chi connectivity index (χ0v) is 23.3. The van der Waals surface area contributed by atoms with Crippen LogP contribution in [0.1, 0.15) is 44.6 Å². The van der Waals surface area contributed by atoms with Gasteiger partial charge in [-0.05, 0) is 56.2 Å². The molecule has 0 heterocycles. The molecule has 3 rings (SSSR count). The molecule has 0 radical (unpaired) electrons. The molecule has 2 aromatic rings. The molecule has 1 N–H and O–H groups in total. The Kier molecular flexibility index (Phi) is 10.1. The lowest BCUT2D eigenvalue weighted by molar-refractivity contribution is -0.141. The van der Waals surface area contributed by atoms with Gasteiger partial charge < -0.3 is 10.2 Å². The van der Waals surface area contributed by atoms with Crippen molar-refractivity contribution >= 4 is 56.6 Å². The van der Waals surface area contributed by atoms with Gasteiger partial charge in [0.05, 0.1) is 11.4 Å². The summed E-state index contributed by atoms with van der Waals surface area (Å²) in [6.45, 7) is 1.09. The van der Waals surface area contributed by atoms with E-state index in [0.717, 1.165) is 36.4 Å². The Morgan fingerprint density at radius 1 is 1.00 bits per heavy atom. The summed E-state index contributed by atoms with van der Waals surface area (Å²) >= 11 is 18.6. The number of nitrogens with one attached hydrogen (secondary N) is 1. The van der Waals surface area contributed by atoms with Gasteiger partial charge in [0.1, 0.15) is 6.04 Å². The van der Waals surface area contributed by atoms with Gasteiger partial charge in [0.15, 0.2) is 0 Å². The van der Waals surface area contributed by atoms with Gasteiger partial charge in [0.25, 0.3) is 0 Å². The second-order valence-corrected chi connectivity index (χ2v) is 12.3. The number of nitrogens with zero attached hydrogens (tertiary/aromatic N) is 2. The van der Waals surface area contributed by atoms with Crippen molar-refractivity contribution in [2.75, 3.05) is 13.6 Å². The zero-order valence-electron chi connectivity index (χ0n) is 20.2. The number of rotatable bonds is 9. The van der Waals surface area contributed by atoms with Crippen LogP contribution in [0.3, 0.4) is 0 Å². The van der Waals surface area contributed by atoms with E-state index in [9.17, 15) is 18.0 Å². The van der Waals surface area contributed by atoms with E-state index in [1.807, 2.05) is 0 Å². The molecular weight excluding hydrogens is 545 g/mol. The van der Waals surface area contributed by atoms with E-state index >= 15 is 0 Å². The Bertz CT molecular complexity index is 1170. The molecule has 0 aromatic heterocycles. The van der Waals surface area contributed by atoms with Gasteiger partial charge >= 0.3 is 0 Å². The summed E-state index contributed by atoms with van der Waals surface area (Å²) in [5, 5.41) is 4.14. The SMILES string of the molecule is C[C@@H](C(=O)NC1CCCCC1)N(Cc1c(Cl)cccc1Cl)C(=O)CN(C)S(=O)(=O)c1ccc(Cl)cc1. The van der Waals surface area contributed by atoms with E-state index in [1.54, 1.807) is 25.1 Å². The van der Waals surface area contributed by atoms with E-state index < -0.39 is 28.5 Å². The van der Waals surface area contributed by atoms with Crippen LogP contribution in [0.15, 0.2) is 47.4 Å². The van der Waals surface area contributed by atoms with Crippen LogP contribution in [0, 0.1) is 0 Å². The van der Waals surface area contributed by atoms with Gasteiger partial charge in [-0.2, -0.15) is 4.31 Å². The average Bonchev–Trinajstić information content (AvgIpc) is 2.84. The number of likely N-dealkylation sites (N-methyl/N-ethyl adjacent to an activating group) is 1. The molecular formula is C25H30Cl3N3O4S. The lowest BCUT2D eigenvalue weighted by atomic mass is 9.95. The fourth-order valence-corrected chi connectivity index (χ4v) is 5.92. The first-order valence-corrected chi connectivity index (χ1v) is 14.3. The molecule has 2 amide bonds. The number of hydrogen-bond donors (Lipinski definition) is 1. The topological polar surface area (TPSA) is 86.8 Å². The Hall–Kier alpha value is -1.84. The van der Waals surface area contributed by atoms with Crippen LogP contribution in [0.2, 0.25) is 15.1 Å². The smallest absolute Gasteiger partial charge is 0.243 e. The lowest BCUT2D eigenvalue weighted by Crippen LogP contribution is -2.52. The molecule has 0 unspecified atom stereocenters. The second kappa shape index (κ2) is 12.6. The largest absolute Gasteiger partial charge is 0.352 e. The summed E-state index contributed by atoms with van der Waals surface area (Å²) in [7, 11) is -2.65. The summed E-state index contributed by atoms with van der Waals surface area (Å²) in [6, 6.07) is 9.85. The van der Waals surface area contributed by atoms with Crippen molar-refractivity contribution in [2.24, 2.45) is 0 Å². The highest BCUT2D eigenvalue weighted by molar-refractivity contribution is 7.89. The van der Waals surface area contributed by atoms with Gasteiger partial charge in [-0.3, -0.25) is 9.59 Å². The first-order chi connectivity index (χ1) is 17.0. The molecule has 1 saturated carbocycles. The molecule has 0 spiro atoms. The molecule has 2 aromatic carbocycles. The van der Waals surface area contributed by atoms with Gasteiger partial charge in [-0.15, -0.1) is 0 Å². The highest BCUT2D eigenvalue weighted by Gasteiger charge is 2.32. The van der Waals surface area contributed by atoms with Gasteiger partial charge in [-0.1, -0.05) is 60.1 Å². The predicted molar refractivity (Wildman–Crippen MR) is 143 cm³/mol. The summed E-state index contributed by atoms with van der Waals surface area (Å²) in [6.07, 6.45) is 5.02. The van der Waals surface area contributed by atoms with E-state index in [2.05, 4.69) is 5.32 Å². The molecule has 0 saturated heterocycles. The number of sulfonamides is 1. The van der Waals surface area contributed by atoms with E-state index in [0.29, 0.717) is 20.6 Å². The fraction of sp³-hybridized carbons (Fsp3) is 0.440. The Morgan fingerprint density at radius 3 is 2.17 bits per heavy atom. The maximum Gasteiger partial charge on any atom is 0.243 e. The van der Waals surface area contributed by atoms with Crippen molar-refractivity contribution in [1.29, 1.82) is 0 Å². The third-order valence-corrected chi connectivity index (χ3v) is 9.17. The minimum absolute atomic E-state index is 0.00554. The van der Waals surface area contributed by atoms with Crippen molar-refractivity contribution in [3.63, 3.8) is 0 Å². The van der Waals surface area contributed by atoms with Crippen molar-refractivity contribution < 1.29 is 18.0 Å². The number of hydrogen-bond acceptors (Lipinski definition) is 4.